The summed E-state index contributed by atoms with van der Waals surface area (Å²) in [5, 5.41) is 44.0. The maximum atomic E-state index is 13.5. The number of carboxylic acid groups (broad SMARTS) is 1. The molecular formula is C37H32ClFN6O8. The Morgan fingerprint density at radius 3 is 2.47 bits per heavy atom. The Morgan fingerprint density at radius 2 is 1.70 bits per heavy atom. The van der Waals surface area contributed by atoms with Crippen LogP contribution in [0.2, 0.25) is 5.02 Å². The van der Waals surface area contributed by atoms with Gasteiger partial charge in [0.15, 0.2) is 17.0 Å². The number of halogens is 2. The van der Waals surface area contributed by atoms with Crippen LogP contribution in [-0.4, -0.2) is 56.5 Å². The van der Waals surface area contributed by atoms with E-state index in [0.717, 1.165) is 25.3 Å². The van der Waals surface area contributed by atoms with E-state index in [9.17, 15) is 34.2 Å². The number of aliphatic imine (C=N–C) groups is 1. The van der Waals surface area contributed by atoms with Crippen molar-refractivity contribution in [3.63, 3.8) is 0 Å². The number of amidine groups is 1. The smallest absolute Gasteiger partial charge is 0.336 e. The van der Waals surface area contributed by atoms with Crippen molar-refractivity contribution >= 4 is 46.0 Å². The lowest BCUT2D eigenvalue weighted by Crippen LogP contribution is -2.25. The zero-order valence-corrected chi connectivity index (χ0v) is 28.6. The van der Waals surface area contributed by atoms with E-state index >= 15 is 0 Å². The van der Waals surface area contributed by atoms with Gasteiger partial charge in [0.25, 0.3) is 5.91 Å². The zero-order chi connectivity index (χ0) is 37.5. The molecule has 0 saturated carbocycles. The summed E-state index contributed by atoms with van der Waals surface area (Å²) in [5.74, 6) is -2.13. The topological polar surface area (TPSA) is 212 Å². The molecule has 0 unspecified atom stereocenters. The minimum absolute atomic E-state index is 0.0518. The number of rotatable bonds is 14. The normalized spacial score (nSPS) is 11.6. The van der Waals surface area contributed by atoms with Gasteiger partial charge in [-0.05, 0) is 90.8 Å². The third-order valence-electron chi connectivity index (χ3n) is 8.35. The first-order valence-electron chi connectivity index (χ1n) is 16.4. The molecule has 0 radical (unpaired) electrons. The maximum absolute atomic E-state index is 13.5. The highest BCUT2D eigenvalue weighted by Crippen LogP contribution is 2.42. The van der Waals surface area contributed by atoms with Crippen molar-refractivity contribution in [1.29, 1.82) is 0 Å². The van der Waals surface area contributed by atoms with Crippen LogP contribution < -0.4 is 21.5 Å². The van der Waals surface area contributed by atoms with Crippen molar-refractivity contribution in [2.75, 3.05) is 13.1 Å². The number of aromatic hydroxyl groups is 1. The van der Waals surface area contributed by atoms with E-state index in [1.807, 2.05) is 5.48 Å². The molecule has 14 nitrogen and oxygen atoms in total. The van der Waals surface area contributed by atoms with Gasteiger partial charge in [0, 0.05) is 41.2 Å². The van der Waals surface area contributed by atoms with Crippen LogP contribution in [0, 0.1) is 5.82 Å². The SMILES string of the molecule is O=C(NCCCCCCNCc1nonc1C(=Nc1ccc(F)c(Cl)c1)NO)c1ccc(-c2c3ccc(=O)cc-3oc3ccc(O)cc23)c(C(=O)O)c1. The van der Waals surface area contributed by atoms with Crippen molar-refractivity contribution in [3.05, 3.63) is 116 Å². The van der Waals surface area contributed by atoms with E-state index in [2.05, 4.69) is 25.9 Å². The van der Waals surface area contributed by atoms with Crippen LogP contribution in [-0.2, 0) is 6.54 Å². The molecule has 1 amide bonds. The summed E-state index contributed by atoms with van der Waals surface area (Å²) in [7, 11) is 0. The van der Waals surface area contributed by atoms with Gasteiger partial charge in [-0.1, -0.05) is 35.7 Å². The molecule has 0 spiro atoms. The number of phenolic OH excluding ortho intramolecular Hbond substituents is 1. The Morgan fingerprint density at radius 1 is 0.906 bits per heavy atom. The standard InChI is InChI=1S/C37H32ClFN6O8/c38-28-16-21(6-11-29(28)39)42-35(43-51)34-30(44-53-45-34)19-40-13-3-1-2-4-14-41-36(48)20-5-9-24(26(15-20)37(49)50)33-25-10-7-23(47)18-32(25)52-31-12-8-22(46)17-27(31)33/h5-12,15-18,40,46,51H,1-4,13-14,19H2,(H,41,48)(H,42,43)(H,49,50). The second kappa shape index (κ2) is 16.5. The van der Waals surface area contributed by atoms with Crippen molar-refractivity contribution in [1.82, 2.24) is 26.4 Å². The number of aromatic carboxylic acids is 1. The van der Waals surface area contributed by atoms with Crippen LogP contribution >= 0.6 is 11.6 Å². The lowest BCUT2D eigenvalue weighted by molar-refractivity contribution is 0.0697. The number of unbranched alkanes of at least 4 members (excludes halogenated alkanes) is 3. The minimum atomic E-state index is -1.25. The van der Waals surface area contributed by atoms with Gasteiger partial charge in [-0.3, -0.25) is 20.3 Å². The Labute approximate surface area is 305 Å². The van der Waals surface area contributed by atoms with E-state index in [-0.39, 0.29) is 56.8 Å². The molecule has 0 bridgehead atoms. The monoisotopic (exact) mass is 742 g/mol. The van der Waals surface area contributed by atoms with Gasteiger partial charge in [-0.25, -0.2) is 18.8 Å². The number of hydroxylamine groups is 1. The number of nitrogens with zero attached hydrogens (tertiary/aromatic N) is 3. The summed E-state index contributed by atoms with van der Waals surface area (Å²) in [6.07, 6.45) is 3.19. The average molecular weight is 743 g/mol. The lowest BCUT2D eigenvalue weighted by Gasteiger charge is -2.17. The summed E-state index contributed by atoms with van der Waals surface area (Å²) >= 11 is 5.81. The number of hydrogen-bond acceptors (Lipinski definition) is 11. The van der Waals surface area contributed by atoms with Gasteiger partial charge >= 0.3 is 5.97 Å². The summed E-state index contributed by atoms with van der Waals surface area (Å²) in [6.45, 7) is 1.28. The van der Waals surface area contributed by atoms with Gasteiger partial charge in [0.05, 0.1) is 16.3 Å². The number of carboxylic acids is 1. The molecular weight excluding hydrogens is 711 g/mol. The fraction of sp³-hybridized carbons (Fsp3) is 0.189. The highest BCUT2D eigenvalue weighted by Gasteiger charge is 2.23. The molecule has 3 aromatic carbocycles. The second-order valence-corrected chi connectivity index (χ2v) is 12.4. The predicted molar refractivity (Wildman–Crippen MR) is 193 cm³/mol. The van der Waals surface area contributed by atoms with Gasteiger partial charge in [0.1, 0.15) is 28.6 Å². The summed E-state index contributed by atoms with van der Waals surface area (Å²) in [6, 6.07) is 16.9. The molecule has 272 valence electrons. The lowest BCUT2D eigenvalue weighted by atomic mass is 9.89. The van der Waals surface area contributed by atoms with Gasteiger partial charge in [-0.2, -0.15) is 0 Å². The zero-order valence-electron chi connectivity index (χ0n) is 27.9. The summed E-state index contributed by atoms with van der Waals surface area (Å²) in [5.41, 5.74) is 4.11. The van der Waals surface area contributed by atoms with Crippen LogP contribution in [0.5, 0.6) is 5.75 Å². The number of benzene rings is 4. The van der Waals surface area contributed by atoms with Crippen LogP contribution in [0.3, 0.4) is 0 Å². The highest BCUT2D eigenvalue weighted by atomic mass is 35.5. The average Bonchev–Trinajstić information content (AvgIpc) is 3.61. The van der Waals surface area contributed by atoms with Crippen LogP contribution in [0.25, 0.3) is 33.4 Å². The highest BCUT2D eigenvalue weighted by molar-refractivity contribution is 6.31. The summed E-state index contributed by atoms with van der Waals surface area (Å²) < 4.78 is 24.2. The number of carbonyl (C=O) groups is 2. The predicted octanol–water partition coefficient (Wildman–Crippen LogP) is 6.28. The fourth-order valence-electron chi connectivity index (χ4n) is 5.79. The Hall–Kier alpha value is -6.16. The summed E-state index contributed by atoms with van der Waals surface area (Å²) in [4.78, 5) is 41.8. The molecule has 6 rings (SSSR count). The molecule has 1 aliphatic carbocycles. The van der Waals surface area contributed by atoms with Gasteiger partial charge in [-0.15, -0.1) is 0 Å². The Balaban J connectivity index is 1.01. The molecule has 0 fully saturated rings. The maximum Gasteiger partial charge on any atom is 0.336 e. The van der Waals surface area contributed by atoms with Gasteiger partial charge < -0.3 is 25.3 Å². The first-order chi connectivity index (χ1) is 25.6. The van der Waals surface area contributed by atoms with E-state index in [4.69, 9.17) is 20.6 Å². The number of carbonyl (C=O) groups excluding carboxylic acids is 1. The van der Waals surface area contributed by atoms with Crippen LogP contribution in [0.15, 0.2) is 91.6 Å². The van der Waals surface area contributed by atoms with Crippen molar-refractivity contribution in [2.45, 2.75) is 32.2 Å². The molecule has 53 heavy (non-hydrogen) atoms. The third-order valence-corrected chi connectivity index (χ3v) is 8.64. The number of nitrogens with one attached hydrogen (secondary N) is 3. The van der Waals surface area contributed by atoms with Crippen molar-refractivity contribution in [3.8, 4) is 28.2 Å². The largest absolute Gasteiger partial charge is 0.508 e. The molecule has 0 atom stereocenters. The van der Waals surface area contributed by atoms with E-state index in [1.54, 1.807) is 12.1 Å². The molecule has 1 aromatic heterocycles. The Bertz CT molecular complexity index is 2360. The molecule has 0 saturated heterocycles. The van der Waals surface area contributed by atoms with E-state index < -0.39 is 17.7 Å². The van der Waals surface area contributed by atoms with E-state index in [0.29, 0.717) is 52.9 Å². The number of phenols is 1. The van der Waals surface area contributed by atoms with Crippen LogP contribution in [0.1, 0.15) is 57.8 Å². The number of aromatic nitrogens is 2. The number of amides is 1. The number of fused-ring (bicyclic) bond motifs is 2. The first kappa shape index (κ1) is 36.6. The fourth-order valence-corrected chi connectivity index (χ4v) is 5.96. The molecule has 4 aromatic rings. The van der Waals surface area contributed by atoms with E-state index in [1.165, 1.54) is 54.6 Å². The second-order valence-electron chi connectivity index (χ2n) is 12.0. The molecule has 2 heterocycles. The van der Waals surface area contributed by atoms with Gasteiger partial charge in [0.2, 0.25) is 0 Å². The first-order valence-corrected chi connectivity index (χ1v) is 16.8. The Kier molecular flexibility index (Phi) is 11.4. The molecule has 16 heteroatoms. The van der Waals surface area contributed by atoms with Crippen LogP contribution in [0.4, 0.5) is 10.1 Å². The minimum Gasteiger partial charge on any atom is -0.508 e. The number of hydrogen-bond donors (Lipinski definition) is 6. The molecule has 2 aliphatic rings. The quantitative estimate of drug-likeness (QED) is 0.0239. The van der Waals surface area contributed by atoms with Crippen molar-refractivity contribution in [2.24, 2.45) is 4.99 Å². The molecule has 6 N–H and O–H groups in total. The third kappa shape index (κ3) is 8.49. The van der Waals surface area contributed by atoms with Crippen molar-refractivity contribution < 1.29 is 38.4 Å². The molecule has 1 aliphatic heterocycles.